The molecule has 0 bridgehead atoms. The molecular weight excluding hydrogens is 219 g/mol. The summed E-state index contributed by atoms with van der Waals surface area (Å²) in [6.07, 6.45) is 0. The van der Waals surface area contributed by atoms with Gasteiger partial charge in [0.1, 0.15) is 0 Å². The van der Waals surface area contributed by atoms with Crippen molar-refractivity contribution in [2.24, 2.45) is 0 Å². The van der Waals surface area contributed by atoms with E-state index in [0.29, 0.717) is 0 Å². The standard InChI is InChI=1S/Co.Mo.4O. The van der Waals surface area contributed by atoms with Gasteiger partial charge < -0.3 is 0 Å². The Balaban J connectivity index is 0. The Labute approximate surface area is 47.2 Å². The Hall–Kier alpha value is 0.395. The first-order valence-corrected chi connectivity index (χ1v) is 3.52. The second kappa shape index (κ2) is 9.04. The van der Waals surface area contributed by atoms with Crippen molar-refractivity contribution in [3.63, 3.8) is 0 Å². The van der Waals surface area contributed by atoms with Crippen LogP contribution in [0.3, 0.4) is 0 Å². The molecule has 0 radical (unpaired) electrons. The van der Waals surface area contributed by atoms with Gasteiger partial charge in [-0.15, -0.1) is 0 Å². The summed E-state index contributed by atoms with van der Waals surface area (Å²) in [6, 6.07) is 0. The Bertz CT molecular complexity index is 87.7. The monoisotopic (exact) mass is 221 g/mol. The minimum absolute atomic E-state index is 2.31. The summed E-state index contributed by atoms with van der Waals surface area (Å²) in [6.45, 7) is 0. The molecule has 0 aliphatic carbocycles. The maximum absolute atomic E-state index is 8.59. The molecule has 0 atom stereocenters. The Kier molecular flexibility index (Phi) is 14.5. The molecule has 0 saturated carbocycles. The van der Waals surface area contributed by atoms with Gasteiger partial charge >= 0.3 is 46.9 Å². The Morgan fingerprint density at radius 2 is 1.00 bits per heavy atom. The number of hydrogen-bond acceptors (Lipinski definition) is 4. The summed E-state index contributed by atoms with van der Waals surface area (Å²) >= 11 is -1.79. The van der Waals surface area contributed by atoms with Crippen LogP contribution >= 0.6 is 0 Å². The molecule has 0 aromatic heterocycles. The van der Waals surface area contributed by atoms with E-state index in [9.17, 15) is 0 Å². The first-order chi connectivity index (χ1) is 2.73. The van der Waals surface area contributed by atoms with Gasteiger partial charge in [0.25, 0.3) is 0 Å². The van der Waals surface area contributed by atoms with Crippen LogP contribution in [0.4, 0.5) is 0 Å². The van der Waals surface area contributed by atoms with E-state index in [2.05, 4.69) is 15.7 Å². The Morgan fingerprint density at radius 1 is 1.00 bits per heavy atom. The van der Waals surface area contributed by atoms with Gasteiger partial charge in [-0.1, -0.05) is 0 Å². The zero-order valence-corrected chi connectivity index (χ0v) is 5.42. The third-order valence-electron chi connectivity index (χ3n) is 0. The van der Waals surface area contributed by atoms with Crippen molar-refractivity contribution in [1.82, 2.24) is 0 Å². The molecule has 0 aliphatic rings. The van der Waals surface area contributed by atoms with Crippen LogP contribution in [0.5, 0.6) is 0 Å². The van der Waals surface area contributed by atoms with Crippen LogP contribution in [-0.2, 0) is 46.9 Å². The molecule has 0 aromatic carbocycles. The van der Waals surface area contributed by atoms with Crippen LogP contribution in [0.2, 0.25) is 0 Å². The molecule has 0 fully saturated rings. The van der Waals surface area contributed by atoms with Gasteiger partial charge in [-0.05, 0) is 0 Å². The molecule has 0 amide bonds. The summed E-state index contributed by atoms with van der Waals surface area (Å²) in [5, 5.41) is 0. The predicted octanol–water partition coefficient (Wildman–Crippen LogP) is -0.480. The molecule has 0 spiro atoms. The summed E-state index contributed by atoms with van der Waals surface area (Å²) in [7, 11) is 0. The first-order valence-electron chi connectivity index (χ1n) is 0.636. The van der Waals surface area contributed by atoms with Gasteiger partial charge in [0.15, 0.2) is 0 Å². The van der Waals surface area contributed by atoms with E-state index < -0.39 is 17.2 Å². The van der Waals surface area contributed by atoms with Crippen LogP contribution < -0.4 is 0 Å². The average molecular weight is 219 g/mol. The van der Waals surface area contributed by atoms with E-state index in [4.69, 9.17) is 14.1 Å². The summed E-state index contributed by atoms with van der Waals surface area (Å²) in [4.78, 5) is 0. The fraction of sp³-hybridized carbons (Fsp3) is 0. The average Bonchev–Trinajstić information content (AvgIpc) is 1.41. The van der Waals surface area contributed by atoms with Crippen molar-refractivity contribution in [2.75, 3.05) is 0 Å². The maximum atomic E-state index is 8.59. The zero-order chi connectivity index (χ0) is 5.58. The molecule has 0 N–H and O–H groups in total. The van der Waals surface area contributed by atoms with E-state index in [0.717, 1.165) is 0 Å². The van der Waals surface area contributed by atoms with Gasteiger partial charge in [0, 0.05) is 0 Å². The number of rotatable bonds is 0. The van der Waals surface area contributed by atoms with Gasteiger partial charge in [-0.3, -0.25) is 0 Å². The molecule has 0 saturated heterocycles. The van der Waals surface area contributed by atoms with E-state index >= 15 is 0 Å². The molecule has 0 heterocycles. The van der Waals surface area contributed by atoms with Crippen LogP contribution in [-0.4, -0.2) is 0 Å². The van der Waals surface area contributed by atoms with Crippen LogP contribution in [0.1, 0.15) is 0 Å². The third-order valence-corrected chi connectivity index (χ3v) is 0. The minimum atomic E-state index is -4.11. The normalized spacial score (nSPS) is 4.83. The molecule has 0 unspecified atom stereocenters. The molecule has 0 aliphatic heterocycles. The van der Waals surface area contributed by atoms with E-state index in [-0.39, 0.29) is 0 Å². The molecular formula is CoMoO4. The topological polar surface area (TPSA) is 68.3 Å². The molecule has 0 rings (SSSR count). The zero-order valence-electron chi connectivity index (χ0n) is 2.37. The van der Waals surface area contributed by atoms with Crippen molar-refractivity contribution in [2.45, 2.75) is 0 Å². The van der Waals surface area contributed by atoms with Gasteiger partial charge in [0.05, 0.1) is 0 Å². The molecule has 6 heavy (non-hydrogen) atoms. The molecule has 39 valence electrons. The predicted molar refractivity (Wildman–Crippen MR) is 2.75 cm³/mol. The van der Waals surface area contributed by atoms with Crippen molar-refractivity contribution in [3.8, 4) is 0 Å². The first kappa shape index (κ1) is 9.64. The van der Waals surface area contributed by atoms with E-state index in [1.807, 2.05) is 0 Å². The molecule has 4 nitrogen and oxygen atoms in total. The number of hydrogen-bond donors (Lipinski definition) is 0. The Morgan fingerprint density at radius 3 is 1.00 bits per heavy atom. The SMILES string of the molecule is [O]=[Co].[O]=[Mo](=[O])=[O]. The third kappa shape index (κ3) is 325. The van der Waals surface area contributed by atoms with E-state index in [1.165, 1.54) is 0 Å². The van der Waals surface area contributed by atoms with Crippen molar-refractivity contribution >= 4 is 0 Å². The van der Waals surface area contributed by atoms with Crippen LogP contribution in [0, 0.1) is 0 Å². The van der Waals surface area contributed by atoms with E-state index in [1.54, 1.807) is 0 Å². The van der Waals surface area contributed by atoms with Crippen molar-refractivity contribution in [3.05, 3.63) is 0 Å². The van der Waals surface area contributed by atoms with Crippen LogP contribution in [0.15, 0.2) is 0 Å². The summed E-state index contributed by atoms with van der Waals surface area (Å²) in [5.74, 6) is 0. The second-order valence-electron chi connectivity index (χ2n) is 0.204. The second-order valence-corrected chi connectivity index (χ2v) is 1.21. The summed E-state index contributed by atoms with van der Waals surface area (Å²) < 4.78 is 33.7. The fourth-order valence-corrected chi connectivity index (χ4v) is 0. The van der Waals surface area contributed by atoms with Gasteiger partial charge in [-0.25, -0.2) is 0 Å². The fourth-order valence-electron chi connectivity index (χ4n) is 0. The molecule has 0 aromatic rings. The summed E-state index contributed by atoms with van der Waals surface area (Å²) in [5.41, 5.74) is 0. The van der Waals surface area contributed by atoms with Gasteiger partial charge in [0.2, 0.25) is 0 Å². The van der Waals surface area contributed by atoms with Crippen LogP contribution in [0.25, 0.3) is 0 Å². The van der Waals surface area contributed by atoms with Crippen molar-refractivity contribution in [1.29, 1.82) is 0 Å². The molecule has 6 heteroatoms. The quantitative estimate of drug-likeness (QED) is 0.516. The van der Waals surface area contributed by atoms with Crippen molar-refractivity contribution < 1.29 is 46.9 Å². The van der Waals surface area contributed by atoms with Gasteiger partial charge in [-0.2, -0.15) is 0 Å².